The van der Waals surface area contributed by atoms with Crippen LogP contribution in [0.4, 0.5) is 11.5 Å². The van der Waals surface area contributed by atoms with Gasteiger partial charge in [0.1, 0.15) is 17.7 Å². The van der Waals surface area contributed by atoms with E-state index < -0.39 is 11.8 Å². The van der Waals surface area contributed by atoms with Crippen molar-refractivity contribution in [1.29, 1.82) is 0 Å². The van der Waals surface area contributed by atoms with Gasteiger partial charge in [-0.1, -0.05) is 41.9 Å². The van der Waals surface area contributed by atoms with Crippen molar-refractivity contribution in [3.8, 4) is 0 Å². The molecule has 8 nitrogen and oxygen atoms in total. The van der Waals surface area contributed by atoms with Crippen LogP contribution in [-0.2, 0) is 0 Å². The van der Waals surface area contributed by atoms with Gasteiger partial charge >= 0.3 is 0 Å². The largest absolute Gasteiger partial charge is 0.348 e. The van der Waals surface area contributed by atoms with Gasteiger partial charge in [-0.15, -0.1) is 12.4 Å². The minimum atomic E-state index is -0.455. The highest BCUT2D eigenvalue weighted by Crippen LogP contribution is 2.26. The number of rotatable bonds is 5. The maximum absolute atomic E-state index is 13.0. The summed E-state index contributed by atoms with van der Waals surface area (Å²) in [5.41, 5.74) is 2.49. The second-order valence-corrected chi connectivity index (χ2v) is 8.09. The molecule has 10 heteroatoms. The van der Waals surface area contributed by atoms with E-state index in [4.69, 9.17) is 17.4 Å². The topological polar surface area (TPSA) is 113 Å². The fraction of sp³-hybridized carbons (Fsp3) is 0.167. The lowest BCUT2D eigenvalue weighted by Gasteiger charge is -2.25. The van der Waals surface area contributed by atoms with Gasteiger partial charge in [-0.3, -0.25) is 19.6 Å². The van der Waals surface area contributed by atoms with Crippen LogP contribution in [0.5, 0.6) is 0 Å². The zero-order valence-electron chi connectivity index (χ0n) is 18.5. The van der Waals surface area contributed by atoms with E-state index in [0.717, 1.165) is 16.1 Å². The summed E-state index contributed by atoms with van der Waals surface area (Å²) in [4.78, 5) is 34.4. The zero-order valence-corrected chi connectivity index (χ0v) is 20.1. The first-order valence-corrected chi connectivity index (χ1v) is 10.8. The van der Waals surface area contributed by atoms with Crippen molar-refractivity contribution in [2.24, 2.45) is 10.8 Å². The number of hydrogen-bond donors (Lipinski definition) is 3. The predicted octanol–water partition coefficient (Wildman–Crippen LogP) is 4.68. The van der Waals surface area contributed by atoms with Gasteiger partial charge in [-0.25, -0.2) is 10.8 Å². The molecule has 0 fully saturated rings. The van der Waals surface area contributed by atoms with E-state index in [2.05, 4.69) is 20.6 Å². The number of aromatic nitrogens is 1. The Morgan fingerprint density at radius 1 is 1.15 bits per heavy atom. The number of nitrogens with two attached hydrogens (primary N) is 1. The van der Waals surface area contributed by atoms with E-state index in [1.807, 2.05) is 44.2 Å². The van der Waals surface area contributed by atoms with E-state index >= 15 is 0 Å². The fourth-order valence-corrected chi connectivity index (χ4v) is 3.57. The van der Waals surface area contributed by atoms with Crippen molar-refractivity contribution in [2.45, 2.75) is 26.1 Å². The third kappa shape index (κ3) is 5.36. The molecule has 0 bridgehead atoms. The standard InChI is InChI=1S/C24H23ClN6O2.ClH/c1-14(16-6-4-3-5-7-16)31(26)24(33)17-8-10-19(25)21(12-17)30-23(32)20-11-9-18-13-27-15(2)28-22(18)29-20;/h3-15H,26H2,1-2H3,(H,28,29)(H,30,32);1H. The Hall–Kier alpha value is -3.46. The summed E-state index contributed by atoms with van der Waals surface area (Å²) in [5.74, 6) is 5.84. The lowest BCUT2D eigenvalue weighted by molar-refractivity contribution is 0.0690. The van der Waals surface area contributed by atoms with Crippen molar-refractivity contribution in [2.75, 3.05) is 10.6 Å². The Labute approximate surface area is 208 Å². The van der Waals surface area contributed by atoms with Gasteiger partial charge in [0.2, 0.25) is 0 Å². The maximum atomic E-state index is 13.0. The average molecular weight is 499 g/mol. The van der Waals surface area contributed by atoms with Crippen LogP contribution < -0.4 is 16.5 Å². The fourth-order valence-electron chi connectivity index (χ4n) is 3.40. The van der Waals surface area contributed by atoms with Crippen molar-refractivity contribution in [1.82, 2.24) is 9.99 Å². The van der Waals surface area contributed by atoms with Crippen LogP contribution >= 0.6 is 24.0 Å². The maximum Gasteiger partial charge on any atom is 0.274 e. The SMILES string of the molecule is CC1N=Cc2ccc(C(=O)Nc3cc(C(=O)N(N)C(C)c4ccccc4)ccc3Cl)nc2N1.Cl. The van der Waals surface area contributed by atoms with Crippen LogP contribution in [-0.4, -0.2) is 34.2 Å². The van der Waals surface area contributed by atoms with E-state index in [1.54, 1.807) is 30.5 Å². The number of anilines is 2. The van der Waals surface area contributed by atoms with E-state index in [9.17, 15) is 9.59 Å². The van der Waals surface area contributed by atoms with Gasteiger partial charge in [0.15, 0.2) is 0 Å². The molecule has 0 spiro atoms. The number of hydrogen-bond acceptors (Lipinski definition) is 6. The van der Waals surface area contributed by atoms with Crippen molar-refractivity contribution in [3.05, 3.63) is 88.1 Å². The van der Waals surface area contributed by atoms with Gasteiger partial charge < -0.3 is 10.6 Å². The predicted molar refractivity (Wildman–Crippen MR) is 137 cm³/mol. The van der Waals surface area contributed by atoms with Crippen molar-refractivity contribution >= 4 is 53.5 Å². The van der Waals surface area contributed by atoms with Crippen LogP contribution in [0.25, 0.3) is 0 Å². The number of nitrogens with one attached hydrogen (secondary N) is 2. The number of halogens is 2. The Kier molecular flexibility index (Phi) is 7.88. The number of hydrazine groups is 1. The van der Waals surface area contributed by atoms with Crippen LogP contribution in [0.3, 0.4) is 0 Å². The molecule has 2 heterocycles. The van der Waals surface area contributed by atoms with Crippen molar-refractivity contribution in [3.63, 3.8) is 0 Å². The van der Waals surface area contributed by atoms with Gasteiger partial charge in [0.25, 0.3) is 11.8 Å². The van der Waals surface area contributed by atoms with E-state index in [-0.39, 0.29) is 41.0 Å². The summed E-state index contributed by atoms with van der Waals surface area (Å²) >= 11 is 6.28. The second-order valence-electron chi connectivity index (χ2n) is 7.68. The molecule has 2 atom stereocenters. The number of amides is 2. The van der Waals surface area contributed by atoms with Gasteiger partial charge in [0, 0.05) is 17.3 Å². The molecular formula is C24H24Cl2N6O2. The molecule has 2 aromatic carbocycles. The van der Waals surface area contributed by atoms with E-state index in [0.29, 0.717) is 11.4 Å². The Morgan fingerprint density at radius 3 is 2.62 bits per heavy atom. The summed E-state index contributed by atoms with van der Waals surface area (Å²) in [6.45, 7) is 3.72. The molecule has 3 aromatic rings. The first-order chi connectivity index (χ1) is 15.8. The van der Waals surface area contributed by atoms with Gasteiger partial charge in [0.05, 0.1) is 16.8 Å². The molecule has 1 aliphatic heterocycles. The van der Waals surface area contributed by atoms with Crippen LogP contribution in [0.2, 0.25) is 5.02 Å². The first-order valence-electron chi connectivity index (χ1n) is 10.4. The Balaban J connectivity index is 0.00000324. The Morgan fingerprint density at radius 2 is 1.88 bits per heavy atom. The molecule has 1 aromatic heterocycles. The number of fused-ring (bicyclic) bond motifs is 1. The first kappa shape index (κ1) is 25.2. The monoisotopic (exact) mass is 498 g/mol. The summed E-state index contributed by atoms with van der Waals surface area (Å²) in [5, 5.41) is 7.29. The third-order valence-electron chi connectivity index (χ3n) is 5.34. The number of aliphatic imine (C=N–C) groups is 1. The molecule has 34 heavy (non-hydrogen) atoms. The minimum absolute atomic E-state index is 0. The molecule has 4 N–H and O–H groups in total. The molecule has 0 radical (unpaired) electrons. The molecule has 0 aliphatic carbocycles. The highest BCUT2D eigenvalue weighted by atomic mass is 35.5. The number of benzene rings is 2. The van der Waals surface area contributed by atoms with E-state index in [1.165, 1.54) is 6.07 Å². The van der Waals surface area contributed by atoms with Crippen LogP contribution in [0, 0.1) is 0 Å². The zero-order chi connectivity index (χ0) is 23.5. The van der Waals surface area contributed by atoms with Crippen LogP contribution in [0.15, 0.2) is 65.7 Å². The smallest absolute Gasteiger partial charge is 0.274 e. The third-order valence-corrected chi connectivity index (χ3v) is 5.67. The number of pyridine rings is 1. The van der Waals surface area contributed by atoms with Crippen molar-refractivity contribution < 1.29 is 9.59 Å². The highest BCUT2D eigenvalue weighted by Gasteiger charge is 2.21. The molecule has 176 valence electrons. The van der Waals surface area contributed by atoms with Gasteiger partial charge in [-0.05, 0) is 49.7 Å². The summed E-state index contributed by atoms with van der Waals surface area (Å²) in [7, 11) is 0. The van der Waals surface area contributed by atoms with Gasteiger partial charge in [-0.2, -0.15) is 0 Å². The molecular weight excluding hydrogens is 475 g/mol. The summed E-state index contributed by atoms with van der Waals surface area (Å²) in [6, 6.07) is 17.1. The Bertz CT molecular complexity index is 1240. The average Bonchev–Trinajstić information content (AvgIpc) is 2.84. The quantitative estimate of drug-likeness (QED) is 0.268. The number of nitrogens with zero attached hydrogens (tertiary/aromatic N) is 3. The lowest BCUT2D eigenvalue weighted by Crippen LogP contribution is -2.39. The summed E-state index contributed by atoms with van der Waals surface area (Å²) in [6.07, 6.45) is 1.59. The summed E-state index contributed by atoms with van der Waals surface area (Å²) < 4.78 is 0. The second kappa shape index (κ2) is 10.6. The molecule has 2 amide bonds. The number of carbonyl (C=O) groups is 2. The minimum Gasteiger partial charge on any atom is -0.348 e. The van der Waals surface area contributed by atoms with Crippen LogP contribution in [0.1, 0.15) is 51.9 Å². The lowest BCUT2D eigenvalue weighted by atomic mass is 10.1. The molecule has 1 aliphatic rings. The molecule has 4 rings (SSSR count). The highest BCUT2D eigenvalue weighted by molar-refractivity contribution is 6.34. The molecule has 2 unspecified atom stereocenters. The molecule has 0 saturated heterocycles. The normalized spacial score (nSPS) is 14.8. The molecule has 0 saturated carbocycles. The number of carbonyl (C=O) groups excluding carboxylic acids is 2.